The summed E-state index contributed by atoms with van der Waals surface area (Å²) in [5.41, 5.74) is 0.940. The van der Waals surface area contributed by atoms with E-state index in [2.05, 4.69) is 10.3 Å². The van der Waals surface area contributed by atoms with Crippen molar-refractivity contribution >= 4 is 17.8 Å². The Balaban J connectivity index is 2.06. The third kappa shape index (κ3) is 2.86. The molecule has 0 atom stereocenters. The van der Waals surface area contributed by atoms with Gasteiger partial charge in [-0.25, -0.2) is 9.38 Å². The van der Waals surface area contributed by atoms with Crippen LogP contribution in [0.5, 0.6) is 11.5 Å². The van der Waals surface area contributed by atoms with Crippen LogP contribution in [0.2, 0.25) is 0 Å². The van der Waals surface area contributed by atoms with E-state index in [1.165, 1.54) is 26.4 Å². The summed E-state index contributed by atoms with van der Waals surface area (Å²) in [6.07, 6.45) is 1.40. The van der Waals surface area contributed by atoms with Gasteiger partial charge in [0.05, 0.1) is 14.2 Å². The fraction of sp³-hybridized carbons (Fsp3) is 0.111. The fourth-order valence-corrected chi connectivity index (χ4v) is 2.41. The van der Waals surface area contributed by atoms with Gasteiger partial charge in [0.1, 0.15) is 34.4 Å². The lowest BCUT2D eigenvalue weighted by atomic mass is 10.1. The molecule has 1 aliphatic heterocycles. The van der Waals surface area contributed by atoms with Gasteiger partial charge in [0.15, 0.2) is 0 Å². The minimum atomic E-state index is -0.420. The average molecular weight is 326 g/mol. The molecule has 24 heavy (non-hydrogen) atoms. The van der Waals surface area contributed by atoms with Crippen molar-refractivity contribution in [3.8, 4) is 11.5 Å². The molecular formula is C18H15FN2O3. The summed E-state index contributed by atoms with van der Waals surface area (Å²) in [5.74, 6) is 0.496. The number of carbonyl (C=O) groups is 1. The second-order valence-electron chi connectivity index (χ2n) is 5.00. The molecule has 0 unspecified atom stereocenters. The predicted octanol–water partition coefficient (Wildman–Crippen LogP) is 2.76. The highest BCUT2D eigenvalue weighted by molar-refractivity contribution is 6.21. The normalized spacial score (nSPS) is 15.2. The lowest BCUT2D eigenvalue weighted by Gasteiger charge is -2.12. The molecule has 6 heteroatoms. The van der Waals surface area contributed by atoms with E-state index in [9.17, 15) is 9.18 Å². The maximum absolute atomic E-state index is 13.8. The van der Waals surface area contributed by atoms with Crippen molar-refractivity contribution in [1.29, 1.82) is 0 Å². The highest BCUT2D eigenvalue weighted by Crippen LogP contribution is 2.30. The zero-order valence-corrected chi connectivity index (χ0v) is 13.2. The Morgan fingerprint density at radius 1 is 1.04 bits per heavy atom. The van der Waals surface area contributed by atoms with Crippen LogP contribution in [0.1, 0.15) is 11.1 Å². The van der Waals surface area contributed by atoms with E-state index in [0.29, 0.717) is 28.5 Å². The topological polar surface area (TPSA) is 59.9 Å². The molecule has 0 spiro atoms. The van der Waals surface area contributed by atoms with E-state index in [-0.39, 0.29) is 5.70 Å². The number of carbonyl (C=O) groups excluding carboxylic acids is 1. The third-order valence-corrected chi connectivity index (χ3v) is 3.56. The maximum atomic E-state index is 13.8. The van der Waals surface area contributed by atoms with Crippen molar-refractivity contribution in [3.05, 3.63) is 65.1 Å². The Morgan fingerprint density at radius 2 is 1.71 bits per heavy atom. The minimum Gasteiger partial charge on any atom is -0.496 e. The van der Waals surface area contributed by atoms with Gasteiger partial charge in [0, 0.05) is 5.56 Å². The molecule has 3 rings (SSSR count). The molecule has 0 aliphatic carbocycles. The molecule has 1 heterocycles. The van der Waals surface area contributed by atoms with Crippen LogP contribution < -0.4 is 14.8 Å². The van der Waals surface area contributed by atoms with Crippen molar-refractivity contribution in [2.24, 2.45) is 4.99 Å². The Hall–Kier alpha value is -3.15. The van der Waals surface area contributed by atoms with Crippen molar-refractivity contribution in [3.63, 3.8) is 0 Å². The van der Waals surface area contributed by atoms with Gasteiger partial charge in [-0.2, -0.15) is 0 Å². The van der Waals surface area contributed by atoms with E-state index >= 15 is 0 Å². The van der Waals surface area contributed by atoms with Gasteiger partial charge in [-0.05, 0) is 24.3 Å². The number of methoxy groups -OCH3 is 2. The van der Waals surface area contributed by atoms with Gasteiger partial charge in [0.2, 0.25) is 0 Å². The lowest BCUT2D eigenvalue weighted by molar-refractivity contribution is -0.115. The first-order valence-corrected chi connectivity index (χ1v) is 7.21. The molecule has 5 nitrogen and oxygen atoms in total. The smallest absolute Gasteiger partial charge is 0.275 e. The molecule has 0 fully saturated rings. The Morgan fingerprint density at radius 3 is 2.33 bits per heavy atom. The predicted molar refractivity (Wildman–Crippen MR) is 88.6 cm³/mol. The number of hydrogen-bond acceptors (Lipinski definition) is 4. The maximum Gasteiger partial charge on any atom is 0.275 e. The number of aliphatic imine (C=N–C) groups is 1. The van der Waals surface area contributed by atoms with Gasteiger partial charge in [0.25, 0.3) is 5.91 Å². The highest BCUT2D eigenvalue weighted by atomic mass is 19.1. The molecule has 1 amide bonds. The van der Waals surface area contributed by atoms with Crippen LogP contribution in [0.25, 0.3) is 6.08 Å². The van der Waals surface area contributed by atoms with E-state index in [1.807, 2.05) is 0 Å². The van der Waals surface area contributed by atoms with Crippen molar-refractivity contribution in [2.45, 2.75) is 0 Å². The molecule has 2 aromatic rings. The Kier molecular flexibility index (Phi) is 4.29. The first-order chi connectivity index (χ1) is 11.6. The Labute approximate surface area is 138 Å². The SMILES string of the molecule is COc1cccc(OC)c1C1=N/C(=C\c2ccccc2F)C(=O)N1. The summed E-state index contributed by atoms with van der Waals surface area (Å²) in [6, 6.07) is 11.4. The van der Waals surface area contributed by atoms with E-state index in [0.717, 1.165) is 0 Å². The number of ether oxygens (including phenoxy) is 2. The van der Waals surface area contributed by atoms with Crippen molar-refractivity contribution in [1.82, 2.24) is 5.32 Å². The molecule has 0 bridgehead atoms. The number of nitrogens with zero attached hydrogens (tertiary/aromatic N) is 1. The van der Waals surface area contributed by atoms with Crippen LogP contribution in [-0.4, -0.2) is 26.0 Å². The van der Waals surface area contributed by atoms with Gasteiger partial charge in [-0.3, -0.25) is 4.79 Å². The van der Waals surface area contributed by atoms with Gasteiger partial charge < -0.3 is 14.8 Å². The fourth-order valence-electron chi connectivity index (χ4n) is 2.41. The summed E-state index contributed by atoms with van der Waals surface area (Å²) in [7, 11) is 3.04. The first-order valence-electron chi connectivity index (χ1n) is 7.21. The second kappa shape index (κ2) is 6.54. The summed E-state index contributed by atoms with van der Waals surface area (Å²) in [4.78, 5) is 16.5. The number of benzene rings is 2. The zero-order chi connectivity index (χ0) is 17.1. The molecule has 0 saturated heterocycles. The van der Waals surface area contributed by atoms with E-state index in [1.54, 1.807) is 36.4 Å². The number of nitrogens with one attached hydrogen (secondary N) is 1. The molecular weight excluding hydrogens is 311 g/mol. The number of halogens is 1. The van der Waals surface area contributed by atoms with Crippen LogP contribution >= 0.6 is 0 Å². The van der Waals surface area contributed by atoms with Crippen LogP contribution in [0.15, 0.2) is 53.2 Å². The quantitative estimate of drug-likeness (QED) is 0.879. The zero-order valence-electron chi connectivity index (χ0n) is 13.2. The van der Waals surface area contributed by atoms with E-state index in [4.69, 9.17) is 9.47 Å². The van der Waals surface area contributed by atoms with Crippen molar-refractivity contribution < 1.29 is 18.7 Å². The minimum absolute atomic E-state index is 0.114. The summed E-state index contributed by atoms with van der Waals surface area (Å²) < 4.78 is 24.4. The average Bonchev–Trinajstić information content (AvgIpc) is 2.96. The molecule has 2 aromatic carbocycles. The third-order valence-electron chi connectivity index (χ3n) is 3.56. The van der Waals surface area contributed by atoms with Crippen LogP contribution in [0, 0.1) is 5.82 Å². The Bertz CT molecular complexity index is 837. The number of amidine groups is 1. The van der Waals surface area contributed by atoms with Gasteiger partial charge in [-0.1, -0.05) is 24.3 Å². The van der Waals surface area contributed by atoms with Crippen LogP contribution in [-0.2, 0) is 4.79 Å². The van der Waals surface area contributed by atoms with E-state index < -0.39 is 11.7 Å². The summed E-state index contributed by atoms with van der Waals surface area (Å²) in [5, 5.41) is 2.67. The van der Waals surface area contributed by atoms with Crippen molar-refractivity contribution in [2.75, 3.05) is 14.2 Å². The lowest BCUT2D eigenvalue weighted by Crippen LogP contribution is -2.25. The molecule has 1 N–H and O–H groups in total. The summed E-state index contributed by atoms with van der Waals surface area (Å²) in [6.45, 7) is 0. The number of rotatable bonds is 4. The summed E-state index contributed by atoms with van der Waals surface area (Å²) >= 11 is 0. The largest absolute Gasteiger partial charge is 0.496 e. The molecule has 1 aliphatic rings. The standard InChI is InChI=1S/C18H15FN2O3/c1-23-14-8-5-9-15(24-2)16(14)17-20-13(18(22)21-17)10-11-6-3-4-7-12(11)19/h3-10H,1-2H3,(H,20,21,22)/b13-10-. The monoisotopic (exact) mass is 326 g/mol. The van der Waals surface area contributed by atoms with Gasteiger partial charge >= 0.3 is 0 Å². The molecule has 122 valence electrons. The highest BCUT2D eigenvalue weighted by Gasteiger charge is 2.26. The van der Waals surface area contributed by atoms with Gasteiger partial charge in [-0.15, -0.1) is 0 Å². The number of amides is 1. The molecule has 0 aromatic heterocycles. The number of hydrogen-bond donors (Lipinski definition) is 1. The molecule has 0 saturated carbocycles. The van der Waals surface area contributed by atoms with Crippen LogP contribution in [0.3, 0.4) is 0 Å². The van der Waals surface area contributed by atoms with Crippen LogP contribution in [0.4, 0.5) is 4.39 Å². The second-order valence-corrected chi connectivity index (χ2v) is 5.00. The first kappa shape index (κ1) is 15.7. The molecule has 0 radical (unpaired) electrons.